The molecule has 1 fully saturated rings. The van der Waals surface area contributed by atoms with Gasteiger partial charge in [0.25, 0.3) is 0 Å². The van der Waals surface area contributed by atoms with Crippen molar-refractivity contribution in [2.24, 2.45) is 4.99 Å². The highest BCUT2D eigenvalue weighted by Crippen LogP contribution is 2.27. The first-order valence-corrected chi connectivity index (χ1v) is 10.4. The smallest absolute Gasteiger partial charge is 0.224 e. The van der Waals surface area contributed by atoms with Gasteiger partial charge in [0.2, 0.25) is 5.91 Å². The van der Waals surface area contributed by atoms with E-state index in [-0.39, 0.29) is 36.4 Å². The fourth-order valence-corrected chi connectivity index (χ4v) is 3.73. The number of carbonyl (C=O) groups excluding carboxylic acids is 1. The van der Waals surface area contributed by atoms with Crippen molar-refractivity contribution in [3.8, 4) is 0 Å². The summed E-state index contributed by atoms with van der Waals surface area (Å²) in [5.41, 5.74) is -0.373. The number of piperidine rings is 1. The standard InChI is InChI=1S/C21H36N4O3.HI/c1-6-22-20(23-11-10-19(26)25-12-8-7-9-15(25)2)24-14-21(5,27)18-13-16(3)28-17(18)4;/h13,15,27H,6-12,14H2,1-5H3,(H2,22,23,24);1H. The Hall–Kier alpha value is -1.29. The molecule has 0 spiro atoms. The fraction of sp³-hybridized carbons (Fsp3) is 0.714. The van der Waals surface area contributed by atoms with Crippen LogP contribution < -0.4 is 10.6 Å². The van der Waals surface area contributed by atoms with Gasteiger partial charge >= 0.3 is 0 Å². The van der Waals surface area contributed by atoms with Gasteiger partial charge in [0, 0.05) is 37.7 Å². The van der Waals surface area contributed by atoms with Crippen molar-refractivity contribution in [1.29, 1.82) is 0 Å². The maximum absolute atomic E-state index is 12.5. The van der Waals surface area contributed by atoms with Gasteiger partial charge in [-0.05, 0) is 59.9 Å². The second kappa shape index (κ2) is 11.8. The van der Waals surface area contributed by atoms with E-state index in [4.69, 9.17) is 4.42 Å². The molecule has 0 saturated carbocycles. The van der Waals surface area contributed by atoms with Gasteiger partial charge in [0.05, 0.1) is 6.54 Å². The van der Waals surface area contributed by atoms with E-state index in [1.807, 2.05) is 31.7 Å². The molecule has 0 aliphatic carbocycles. The number of furan rings is 1. The van der Waals surface area contributed by atoms with Gasteiger partial charge < -0.3 is 25.1 Å². The van der Waals surface area contributed by atoms with Crippen molar-refractivity contribution in [3.63, 3.8) is 0 Å². The van der Waals surface area contributed by atoms with E-state index in [1.165, 1.54) is 6.42 Å². The summed E-state index contributed by atoms with van der Waals surface area (Å²) in [5, 5.41) is 17.2. The Morgan fingerprint density at radius 2 is 2.10 bits per heavy atom. The predicted octanol–water partition coefficient (Wildman–Crippen LogP) is 3.07. The Labute approximate surface area is 191 Å². The summed E-state index contributed by atoms with van der Waals surface area (Å²) in [4.78, 5) is 19.0. The lowest BCUT2D eigenvalue weighted by molar-refractivity contribution is -0.134. The molecule has 3 N–H and O–H groups in total. The number of aliphatic imine (C=N–C) groups is 1. The van der Waals surface area contributed by atoms with Crippen LogP contribution >= 0.6 is 24.0 Å². The van der Waals surface area contributed by atoms with Crippen LogP contribution in [0.15, 0.2) is 15.5 Å². The largest absolute Gasteiger partial charge is 0.466 e. The average Bonchev–Trinajstić information content (AvgIpc) is 2.99. The monoisotopic (exact) mass is 520 g/mol. The summed E-state index contributed by atoms with van der Waals surface area (Å²) >= 11 is 0. The second-order valence-electron chi connectivity index (χ2n) is 7.90. The summed E-state index contributed by atoms with van der Waals surface area (Å²) < 4.78 is 5.53. The maximum atomic E-state index is 12.5. The molecule has 29 heavy (non-hydrogen) atoms. The molecule has 0 bridgehead atoms. The van der Waals surface area contributed by atoms with Crippen LogP contribution in [0.2, 0.25) is 0 Å². The molecule has 1 aliphatic rings. The molecule has 1 aromatic rings. The first-order valence-electron chi connectivity index (χ1n) is 10.4. The van der Waals surface area contributed by atoms with E-state index in [0.717, 1.165) is 30.7 Å². The number of rotatable bonds is 7. The number of carbonyl (C=O) groups is 1. The molecule has 1 saturated heterocycles. The van der Waals surface area contributed by atoms with Crippen LogP contribution in [0.4, 0.5) is 0 Å². The van der Waals surface area contributed by atoms with Gasteiger partial charge in [0.15, 0.2) is 5.96 Å². The van der Waals surface area contributed by atoms with Crippen LogP contribution in [0.5, 0.6) is 0 Å². The number of likely N-dealkylation sites (tertiary alicyclic amines) is 1. The Bertz CT molecular complexity index is 687. The summed E-state index contributed by atoms with van der Waals surface area (Å²) in [6.07, 6.45) is 3.82. The molecule has 2 unspecified atom stereocenters. The number of nitrogens with zero attached hydrogens (tertiary/aromatic N) is 2. The minimum Gasteiger partial charge on any atom is -0.466 e. The Morgan fingerprint density at radius 3 is 2.69 bits per heavy atom. The molecule has 1 aromatic heterocycles. The van der Waals surface area contributed by atoms with E-state index >= 15 is 0 Å². The lowest BCUT2D eigenvalue weighted by atomic mass is 9.96. The Morgan fingerprint density at radius 1 is 1.38 bits per heavy atom. The summed E-state index contributed by atoms with van der Waals surface area (Å²) in [6, 6.07) is 2.18. The number of nitrogens with one attached hydrogen (secondary N) is 2. The van der Waals surface area contributed by atoms with E-state index in [1.54, 1.807) is 6.92 Å². The van der Waals surface area contributed by atoms with Gasteiger partial charge in [-0.2, -0.15) is 0 Å². The molecular weight excluding hydrogens is 483 g/mol. The Balaban J connectivity index is 0.00000420. The highest BCUT2D eigenvalue weighted by molar-refractivity contribution is 14.0. The maximum Gasteiger partial charge on any atom is 0.224 e. The molecule has 1 amide bonds. The van der Waals surface area contributed by atoms with Crippen molar-refractivity contribution in [3.05, 3.63) is 23.2 Å². The van der Waals surface area contributed by atoms with Crippen molar-refractivity contribution in [2.45, 2.75) is 71.9 Å². The number of hydrogen-bond donors (Lipinski definition) is 3. The van der Waals surface area contributed by atoms with E-state index in [0.29, 0.717) is 37.3 Å². The van der Waals surface area contributed by atoms with Gasteiger partial charge in [-0.1, -0.05) is 0 Å². The topological polar surface area (TPSA) is 90.1 Å². The minimum atomic E-state index is -1.12. The number of aryl methyl sites for hydroxylation is 2. The second-order valence-corrected chi connectivity index (χ2v) is 7.90. The number of aliphatic hydroxyl groups is 1. The summed E-state index contributed by atoms with van der Waals surface area (Å²) in [5.74, 6) is 2.26. The van der Waals surface area contributed by atoms with Crippen molar-refractivity contribution in [2.75, 3.05) is 26.2 Å². The lowest BCUT2D eigenvalue weighted by Gasteiger charge is -2.33. The number of halogens is 1. The van der Waals surface area contributed by atoms with Gasteiger partial charge in [-0.3, -0.25) is 4.79 Å². The van der Waals surface area contributed by atoms with E-state index in [9.17, 15) is 9.90 Å². The molecular formula is C21H37IN4O3. The van der Waals surface area contributed by atoms with Crippen LogP contribution in [0.25, 0.3) is 0 Å². The normalized spacial score (nSPS) is 19.3. The number of amides is 1. The highest BCUT2D eigenvalue weighted by atomic mass is 127. The third-order valence-corrected chi connectivity index (χ3v) is 5.27. The molecule has 2 rings (SSSR count). The predicted molar refractivity (Wildman–Crippen MR) is 127 cm³/mol. The highest BCUT2D eigenvalue weighted by Gasteiger charge is 2.28. The first-order chi connectivity index (χ1) is 13.2. The van der Waals surface area contributed by atoms with E-state index in [2.05, 4.69) is 22.5 Å². The zero-order chi connectivity index (χ0) is 20.7. The quantitative estimate of drug-likeness (QED) is 0.292. The fourth-order valence-electron chi connectivity index (χ4n) is 3.73. The van der Waals surface area contributed by atoms with Crippen molar-refractivity contribution >= 4 is 35.8 Å². The zero-order valence-electron chi connectivity index (χ0n) is 18.4. The van der Waals surface area contributed by atoms with Crippen molar-refractivity contribution in [1.82, 2.24) is 15.5 Å². The molecule has 2 heterocycles. The average molecular weight is 520 g/mol. The van der Waals surface area contributed by atoms with Crippen LogP contribution in [0, 0.1) is 13.8 Å². The molecule has 1 aliphatic heterocycles. The van der Waals surface area contributed by atoms with Gasteiger partial charge in [0.1, 0.15) is 17.1 Å². The minimum absolute atomic E-state index is 0. The van der Waals surface area contributed by atoms with Crippen molar-refractivity contribution < 1.29 is 14.3 Å². The van der Waals surface area contributed by atoms with Gasteiger partial charge in [-0.15, -0.1) is 24.0 Å². The van der Waals surface area contributed by atoms with Crippen LogP contribution in [0.3, 0.4) is 0 Å². The van der Waals surface area contributed by atoms with Gasteiger partial charge in [-0.25, -0.2) is 4.99 Å². The number of guanidine groups is 1. The lowest BCUT2D eigenvalue weighted by Crippen LogP contribution is -2.44. The number of hydrogen-bond acceptors (Lipinski definition) is 4. The molecule has 166 valence electrons. The third-order valence-electron chi connectivity index (χ3n) is 5.27. The molecule has 0 aromatic carbocycles. The Kier molecular flexibility index (Phi) is 10.5. The van der Waals surface area contributed by atoms with Crippen LogP contribution in [-0.4, -0.2) is 54.1 Å². The van der Waals surface area contributed by atoms with Crippen LogP contribution in [-0.2, 0) is 10.4 Å². The molecule has 8 heteroatoms. The molecule has 2 atom stereocenters. The summed E-state index contributed by atoms with van der Waals surface area (Å²) in [6.45, 7) is 11.8. The van der Waals surface area contributed by atoms with Crippen LogP contribution in [0.1, 0.15) is 63.5 Å². The zero-order valence-corrected chi connectivity index (χ0v) is 20.7. The SMILES string of the molecule is CCNC(=NCC(C)(O)c1cc(C)oc1C)NCCC(=O)N1CCCCC1C.I. The third kappa shape index (κ3) is 7.47. The molecule has 7 nitrogen and oxygen atoms in total. The molecule has 0 radical (unpaired) electrons. The first kappa shape index (κ1) is 25.7. The van der Waals surface area contributed by atoms with E-state index < -0.39 is 5.60 Å². The summed E-state index contributed by atoms with van der Waals surface area (Å²) in [7, 11) is 0.